The van der Waals surface area contributed by atoms with Crippen LogP contribution in [0.15, 0.2) is 24.3 Å². The second-order valence-electron chi connectivity index (χ2n) is 5.10. The van der Waals surface area contributed by atoms with Crippen LogP contribution in [0.1, 0.15) is 27.7 Å². The molecule has 1 amide bonds. The number of methoxy groups -OCH3 is 1. The van der Waals surface area contributed by atoms with Crippen LogP contribution in [0.5, 0.6) is 0 Å². The van der Waals surface area contributed by atoms with Crippen LogP contribution < -0.4 is 10.6 Å². The Balaban J connectivity index is 2.59. The molecule has 0 radical (unpaired) electrons. The first-order valence-electron chi connectivity index (χ1n) is 6.64. The van der Waals surface area contributed by atoms with Crippen molar-refractivity contribution in [3.63, 3.8) is 0 Å². The maximum atomic E-state index is 11.6. The van der Waals surface area contributed by atoms with E-state index < -0.39 is 0 Å². The largest absolute Gasteiger partial charge is 0.380 e. The molecule has 4 nitrogen and oxygen atoms in total. The molecule has 1 aromatic rings. The van der Waals surface area contributed by atoms with Crippen molar-refractivity contribution < 1.29 is 9.53 Å². The maximum absolute atomic E-state index is 11.6. The predicted molar refractivity (Wildman–Crippen MR) is 79.5 cm³/mol. The summed E-state index contributed by atoms with van der Waals surface area (Å²) >= 11 is 0. The van der Waals surface area contributed by atoms with Gasteiger partial charge < -0.3 is 15.4 Å². The molecule has 0 aromatic heterocycles. The molecule has 1 aromatic carbocycles. The zero-order chi connectivity index (χ0) is 14.4. The molecule has 1 rings (SSSR count). The van der Waals surface area contributed by atoms with E-state index in [-0.39, 0.29) is 24.0 Å². The van der Waals surface area contributed by atoms with Crippen LogP contribution in [-0.4, -0.2) is 25.2 Å². The molecule has 0 aliphatic carbocycles. The summed E-state index contributed by atoms with van der Waals surface area (Å²) in [5.41, 5.74) is 1.83. The average Bonchev–Trinajstić information content (AvgIpc) is 2.39. The van der Waals surface area contributed by atoms with E-state index >= 15 is 0 Å². The standard InChI is InChI=1S/C15H24N2O2/c1-10(2)15(18)17-14-8-6-13(7-9-14)16-11(3)12(4)19-5/h6-12,16H,1-5H3,(H,17,18). The van der Waals surface area contributed by atoms with Crippen molar-refractivity contribution in [1.82, 2.24) is 0 Å². The van der Waals surface area contributed by atoms with Crippen LogP contribution in [0, 0.1) is 5.92 Å². The van der Waals surface area contributed by atoms with Gasteiger partial charge in [-0.2, -0.15) is 0 Å². The molecule has 106 valence electrons. The third-order valence-corrected chi connectivity index (χ3v) is 3.15. The Morgan fingerprint density at radius 1 is 1.05 bits per heavy atom. The lowest BCUT2D eigenvalue weighted by atomic mass is 10.2. The van der Waals surface area contributed by atoms with E-state index in [0.717, 1.165) is 11.4 Å². The van der Waals surface area contributed by atoms with Crippen LogP contribution in [0.2, 0.25) is 0 Å². The molecule has 19 heavy (non-hydrogen) atoms. The zero-order valence-corrected chi connectivity index (χ0v) is 12.4. The van der Waals surface area contributed by atoms with Gasteiger partial charge in [-0.25, -0.2) is 0 Å². The number of hydrogen-bond donors (Lipinski definition) is 2. The Bertz CT molecular complexity index is 401. The van der Waals surface area contributed by atoms with Gasteiger partial charge in [0.2, 0.25) is 5.91 Å². The van der Waals surface area contributed by atoms with Crippen molar-refractivity contribution in [3.05, 3.63) is 24.3 Å². The fourth-order valence-corrected chi connectivity index (χ4v) is 1.52. The fraction of sp³-hybridized carbons (Fsp3) is 0.533. The zero-order valence-electron chi connectivity index (χ0n) is 12.4. The highest BCUT2D eigenvalue weighted by Crippen LogP contribution is 2.16. The third kappa shape index (κ3) is 4.91. The maximum Gasteiger partial charge on any atom is 0.226 e. The van der Waals surface area contributed by atoms with Crippen LogP contribution in [0.25, 0.3) is 0 Å². The topological polar surface area (TPSA) is 50.4 Å². The monoisotopic (exact) mass is 264 g/mol. The Kier molecular flexibility index (Phi) is 5.83. The number of ether oxygens (including phenoxy) is 1. The lowest BCUT2D eigenvalue weighted by Crippen LogP contribution is -2.29. The summed E-state index contributed by atoms with van der Waals surface area (Å²) in [5.74, 6) is 0.0162. The van der Waals surface area contributed by atoms with Gasteiger partial charge in [-0.15, -0.1) is 0 Å². The Morgan fingerprint density at radius 2 is 1.58 bits per heavy atom. The lowest BCUT2D eigenvalue weighted by Gasteiger charge is -2.21. The highest BCUT2D eigenvalue weighted by Gasteiger charge is 2.11. The minimum Gasteiger partial charge on any atom is -0.380 e. The fourth-order valence-electron chi connectivity index (χ4n) is 1.52. The van der Waals surface area contributed by atoms with Crippen molar-refractivity contribution in [1.29, 1.82) is 0 Å². The van der Waals surface area contributed by atoms with E-state index in [9.17, 15) is 4.79 Å². The number of anilines is 2. The second-order valence-corrected chi connectivity index (χ2v) is 5.10. The molecule has 0 saturated heterocycles. The number of nitrogens with one attached hydrogen (secondary N) is 2. The van der Waals surface area contributed by atoms with Gasteiger partial charge in [-0.05, 0) is 38.1 Å². The quantitative estimate of drug-likeness (QED) is 0.830. The SMILES string of the molecule is COC(C)C(C)Nc1ccc(NC(=O)C(C)C)cc1. The summed E-state index contributed by atoms with van der Waals surface area (Å²) in [6.45, 7) is 7.84. The molecular weight excluding hydrogens is 240 g/mol. The molecule has 0 spiro atoms. The van der Waals surface area contributed by atoms with E-state index in [0.29, 0.717) is 0 Å². The first-order valence-corrected chi connectivity index (χ1v) is 6.64. The first-order chi connectivity index (χ1) is 8.93. The van der Waals surface area contributed by atoms with Gasteiger partial charge >= 0.3 is 0 Å². The summed E-state index contributed by atoms with van der Waals surface area (Å²) in [5, 5.41) is 6.22. The molecule has 2 atom stereocenters. The minimum absolute atomic E-state index is 0.0135. The van der Waals surface area contributed by atoms with E-state index in [1.54, 1.807) is 7.11 Å². The van der Waals surface area contributed by atoms with Gasteiger partial charge in [-0.3, -0.25) is 4.79 Å². The predicted octanol–water partition coefficient (Wildman–Crippen LogP) is 3.12. The average molecular weight is 264 g/mol. The van der Waals surface area contributed by atoms with E-state index in [4.69, 9.17) is 4.74 Å². The molecule has 0 heterocycles. The van der Waals surface area contributed by atoms with E-state index in [1.165, 1.54) is 0 Å². The molecule has 0 fully saturated rings. The highest BCUT2D eigenvalue weighted by molar-refractivity contribution is 5.92. The summed E-state index contributed by atoms with van der Waals surface area (Å²) in [7, 11) is 1.70. The summed E-state index contributed by atoms with van der Waals surface area (Å²) in [4.78, 5) is 11.6. The van der Waals surface area contributed by atoms with Crippen LogP contribution in [-0.2, 0) is 9.53 Å². The summed E-state index contributed by atoms with van der Waals surface area (Å²) in [6.07, 6.45) is 0.139. The molecule has 0 saturated carbocycles. The van der Waals surface area contributed by atoms with Crippen LogP contribution >= 0.6 is 0 Å². The number of carbonyl (C=O) groups is 1. The Morgan fingerprint density at radius 3 is 2.05 bits per heavy atom. The minimum atomic E-state index is -0.0135. The van der Waals surface area contributed by atoms with Gasteiger partial charge in [0.25, 0.3) is 0 Å². The lowest BCUT2D eigenvalue weighted by molar-refractivity contribution is -0.118. The normalized spacial score (nSPS) is 14.0. The highest BCUT2D eigenvalue weighted by atomic mass is 16.5. The van der Waals surface area contributed by atoms with Gasteiger partial charge in [0.1, 0.15) is 0 Å². The van der Waals surface area contributed by atoms with Crippen molar-refractivity contribution in [2.24, 2.45) is 5.92 Å². The molecule has 2 unspecified atom stereocenters. The number of carbonyl (C=O) groups excluding carboxylic acids is 1. The van der Waals surface area contributed by atoms with Gasteiger partial charge in [0, 0.05) is 30.4 Å². The molecule has 0 bridgehead atoms. The molecular formula is C15H24N2O2. The summed E-state index contributed by atoms with van der Waals surface area (Å²) in [6, 6.07) is 7.92. The number of hydrogen-bond acceptors (Lipinski definition) is 3. The molecule has 0 aliphatic heterocycles. The van der Waals surface area contributed by atoms with Gasteiger partial charge in [0.05, 0.1) is 6.10 Å². The van der Waals surface area contributed by atoms with Crippen molar-refractivity contribution in [3.8, 4) is 0 Å². The third-order valence-electron chi connectivity index (χ3n) is 3.15. The van der Waals surface area contributed by atoms with Crippen LogP contribution in [0.4, 0.5) is 11.4 Å². The van der Waals surface area contributed by atoms with Gasteiger partial charge in [0.15, 0.2) is 0 Å². The van der Waals surface area contributed by atoms with Crippen molar-refractivity contribution in [2.75, 3.05) is 17.7 Å². The van der Waals surface area contributed by atoms with Gasteiger partial charge in [-0.1, -0.05) is 13.8 Å². The second kappa shape index (κ2) is 7.14. The molecule has 0 aliphatic rings. The van der Waals surface area contributed by atoms with Crippen molar-refractivity contribution in [2.45, 2.75) is 39.8 Å². The molecule has 4 heteroatoms. The summed E-state index contributed by atoms with van der Waals surface area (Å²) < 4.78 is 5.27. The first kappa shape index (κ1) is 15.5. The van der Waals surface area contributed by atoms with E-state index in [2.05, 4.69) is 17.6 Å². The molecule has 2 N–H and O–H groups in total. The van der Waals surface area contributed by atoms with Crippen molar-refractivity contribution >= 4 is 17.3 Å². The number of rotatable bonds is 6. The van der Waals surface area contributed by atoms with Crippen LogP contribution in [0.3, 0.4) is 0 Å². The van der Waals surface area contributed by atoms with E-state index in [1.807, 2.05) is 45.0 Å². The Hall–Kier alpha value is -1.55. The number of amides is 1. The Labute approximate surface area is 115 Å². The number of benzene rings is 1. The smallest absolute Gasteiger partial charge is 0.226 e.